The second-order valence-electron chi connectivity index (χ2n) is 8.58. The molecule has 0 aliphatic carbocycles. The molecule has 7 nitrogen and oxygen atoms in total. The van der Waals surface area contributed by atoms with E-state index >= 15 is 0 Å². The Labute approximate surface area is 205 Å². The summed E-state index contributed by atoms with van der Waals surface area (Å²) >= 11 is 6.27. The first kappa shape index (κ1) is 24.0. The maximum Gasteiger partial charge on any atom is 0.257 e. The number of hydrogen-bond donors (Lipinski definition) is 1. The highest BCUT2D eigenvalue weighted by Crippen LogP contribution is 2.28. The summed E-state index contributed by atoms with van der Waals surface area (Å²) in [6.07, 6.45) is 6.15. The molecule has 4 rings (SSSR count). The molecule has 1 aromatic carbocycles. The van der Waals surface area contributed by atoms with Gasteiger partial charge in [-0.25, -0.2) is 4.98 Å². The molecule has 0 atom stereocenters. The maximum absolute atomic E-state index is 12.9. The number of aromatic nitrogens is 2. The van der Waals surface area contributed by atoms with E-state index in [-0.39, 0.29) is 12.0 Å². The van der Waals surface area contributed by atoms with Crippen LogP contribution in [0.1, 0.15) is 29.8 Å². The van der Waals surface area contributed by atoms with E-state index in [9.17, 15) is 4.79 Å². The normalized spacial score (nSPS) is 14.3. The minimum absolute atomic E-state index is 0.0485. The van der Waals surface area contributed by atoms with Gasteiger partial charge in [-0.3, -0.25) is 14.7 Å². The number of ether oxygens (including phenoxy) is 1. The van der Waals surface area contributed by atoms with Crippen LogP contribution in [0.25, 0.3) is 0 Å². The van der Waals surface area contributed by atoms with Crippen LogP contribution >= 0.6 is 11.6 Å². The first-order valence-corrected chi connectivity index (χ1v) is 12.0. The van der Waals surface area contributed by atoms with Crippen molar-refractivity contribution in [1.29, 1.82) is 0 Å². The van der Waals surface area contributed by atoms with E-state index < -0.39 is 0 Å². The van der Waals surface area contributed by atoms with Crippen LogP contribution in [0.15, 0.2) is 61.1 Å². The first-order chi connectivity index (χ1) is 16.5. The quantitative estimate of drug-likeness (QED) is 0.511. The highest BCUT2D eigenvalue weighted by Gasteiger charge is 2.20. The number of nitrogens with one attached hydrogen (secondary N) is 1. The molecule has 0 radical (unpaired) electrons. The molecule has 1 saturated heterocycles. The standard InChI is InChI=1S/C26H30ClN5O2/c1-19(2)34-26-22(27)17-21(18-29-26)25(33)30-23-5-3-4-6-24(23)32-15-13-31(14-16-32)12-9-20-7-10-28-11-8-20/h3-8,10-11,17-19H,9,12-16H2,1-2H3,(H,30,33). The van der Waals surface area contributed by atoms with Gasteiger partial charge in [0.05, 0.1) is 23.0 Å². The van der Waals surface area contributed by atoms with Gasteiger partial charge >= 0.3 is 0 Å². The number of carbonyl (C=O) groups excluding carboxylic acids is 1. The summed E-state index contributed by atoms with van der Waals surface area (Å²) in [6.45, 7) is 8.58. The third-order valence-corrected chi connectivity index (χ3v) is 6.02. The van der Waals surface area contributed by atoms with Gasteiger partial charge in [0.25, 0.3) is 5.91 Å². The SMILES string of the molecule is CC(C)Oc1ncc(C(=O)Nc2ccccc2N2CCN(CCc3ccncc3)CC2)cc1Cl. The summed E-state index contributed by atoms with van der Waals surface area (Å²) in [4.78, 5) is 26.0. The fraction of sp³-hybridized carbons (Fsp3) is 0.346. The molecule has 0 bridgehead atoms. The molecule has 0 saturated carbocycles. The lowest BCUT2D eigenvalue weighted by Crippen LogP contribution is -2.47. The van der Waals surface area contributed by atoms with Crippen molar-refractivity contribution in [2.24, 2.45) is 0 Å². The van der Waals surface area contributed by atoms with Crippen molar-refractivity contribution >= 4 is 28.9 Å². The van der Waals surface area contributed by atoms with Crippen LogP contribution in [-0.4, -0.2) is 59.6 Å². The Bertz CT molecular complexity index is 1100. The number of nitrogens with zero attached hydrogens (tertiary/aromatic N) is 4. The minimum atomic E-state index is -0.256. The third kappa shape index (κ3) is 6.24. The summed E-state index contributed by atoms with van der Waals surface area (Å²) in [5.41, 5.74) is 3.49. The van der Waals surface area contributed by atoms with Crippen LogP contribution in [0.5, 0.6) is 5.88 Å². The van der Waals surface area contributed by atoms with Crippen LogP contribution in [0.4, 0.5) is 11.4 Å². The highest BCUT2D eigenvalue weighted by molar-refractivity contribution is 6.32. The van der Waals surface area contributed by atoms with E-state index in [0.717, 1.165) is 50.5 Å². The van der Waals surface area contributed by atoms with E-state index in [4.69, 9.17) is 16.3 Å². The molecule has 8 heteroatoms. The summed E-state index contributed by atoms with van der Waals surface area (Å²) in [5, 5.41) is 3.35. The first-order valence-electron chi connectivity index (χ1n) is 11.6. The largest absolute Gasteiger partial charge is 0.474 e. The van der Waals surface area contributed by atoms with Crippen LogP contribution < -0.4 is 15.0 Å². The summed E-state index contributed by atoms with van der Waals surface area (Å²) in [5.74, 6) is 0.0735. The van der Waals surface area contributed by atoms with Gasteiger partial charge in [0, 0.05) is 51.3 Å². The predicted molar refractivity (Wildman–Crippen MR) is 136 cm³/mol. The van der Waals surface area contributed by atoms with Crippen molar-refractivity contribution in [3.05, 3.63) is 77.2 Å². The molecule has 34 heavy (non-hydrogen) atoms. The number of benzene rings is 1. The van der Waals surface area contributed by atoms with Gasteiger partial charge in [0.1, 0.15) is 5.02 Å². The van der Waals surface area contributed by atoms with Crippen LogP contribution in [0, 0.1) is 0 Å². The number of carbonyl (C=O) groups is 1. The maximum atomic E-state index is 12.9. The highest BCUT2D eigenvalue weighted by atomic mass is 35.5. The van der Waals surface area contributed by atoms with E-state index in [1.54, 1.807) is 6.07 Å². The smallest absolute Gasteiger partial charge is 0.257 e. The summed E-state index contributed by atoms with van der Waals surface area (Å²) in [7, 11) is 0. The fourth-order valence-corrected chi connectivity index (χ4v) is 4.17. The van der Waals surface area contributed by atoms with E-state index in [1.165, 1.54) is 11.8 Å². The van der Waals surface area contributed by atoms with Gasteiger partial charge in [-0.1, -0.05) is 23.7 Å². The molecule has 0 spiro atoms. The van der Waals surface area contributed by atoms with E-state index in [2.05, 4.69) is 37.2 Å². The Kier molecular flexibility index (Phi) is 7.98. The van der Waals surface area contributed by atoms with Crippen molar-refractivity contribution in [2.75, 3.05) is 42.9 Å². The lowest BCUT2D eigenvalue weighted by molar-refractivity contribution is 0.102. The Morgan fingerprint density at radius 2 is 1.85 bits per heavy atom. The molecular weight excluding hydrogens is 450 g/mol. The van der Waals surface area contributed by atoms with E-state index in [1.807, 2.05) is 50.5 Å². The molecule has 3 aromatic rings. The topological polar surface area (TPSA) is 70.6 Å². The Morgan fingerprint density at radius 1 is 1.12 bits per heavy atom. The predicted octanol–water partition coefficient (Wildman–Crippen LogP) is 4.53. The molecule has 178 valence electrons. The number of amides is 1. The number of halogens is 1. The average Bonchev–Trinajstić information content (AvgIpc) is 2.85. The number of rotatable bonds is 8. The zero-order chi connectivity index (χ0) is 23.9. The molecule has 0 unspecified atom stereocenters. The second kappa shape index (κ2) is 11.3. The van der Waals surface area contributed by atoms with Crippen LogP contribution in [0.3, 0.4) is 0 Å². The number of para-hydroxylation sites is 2. The van der Waals surface area contributed by atoms with Crippen molar-refractivity contribution in [3.63, 3.8) is 0 Å². The number of piperazine rings is 1. The molecule has 1 fully saturated rings. The van der Waals surface area contributed by atoms with Gasteiger partial charge in [0.15, 0.2) is 0 Å². The zero-order valence-corrected chi connectivity index (χ0v) is 20.3. The van der Waals surface area contributed by atoms with Crippen LogP contribution in [-0.2, 0) is 6.42 Å². The lowest BCUT2D eigenvalue weighted by atomic mass is 10.1. The third-order valence-electron chi connectivity index (χ3n) is 5.75. The molecule has 1 amide bonds. The summed E-state index contributed by atoms with van der Waals surface area (Å²) < 4.78 is 5.56. The fourth-order valence-electron chi connectivity index (χ4n) is 3.96. The summed E-state index contributed by atoms with van der Waals surface area (Å²) in [6, 6.07) is 13.6. The molecule has 2 aromatic heterocycles. The molecule has 1 aliphatic heterocycles. The van der Waals surface area contributed by atoms with Crippen molar-refractivity contribution in [2.45, 2.75) is 26.4 Å². The lowest BCUT2D eigenvalue weighted by Gasteiger charge is -2.37. The second-order valence-corrected chi connectivity index (χ2v) is 8.99. The number of anilines is 2. The van der Waals surface area contributed by atoms with Crippen molar-refractivity contribution in [3.8, 4) is 5.88 Å². The van der Waals surface area contributed by atoms with E-state index in [0.29, 0.717) is 16.5 Å². The molecular formula is C26H30ClN5O2. The van der Waals surface area contributed by atoms with Gasteiger partial charge < -0.3 is 15.0 Å². The minimum Gasteiger partial charge on any atom is -0.474 e. The Morgan fingerprint density at radius 3 is 2.56 bits per heavy atom. The van der Waals surface area contributed by atoms with Crippen LogP contribution in [0.2, 0.25) is 5.02 Å². The van der Waals surface area contributed by atoms with Gasteiger partial charge in [-0.2, -0.15) is 0 Å². The number of hydrogen-bond acceptors (Lipinski definition) is 6. The van der Waals surface area contributed by atoms with Gasteiger partial charge in [0.2, 0.25) is 5.88 Å². The van der Waals surface area contributed by atoms with Gasteiger partial charge in [-0.05, 0) is 56.2 Å². The molecule has 1 aliphatic rings. The van der Waals surface area contributed by atoms with Crippen molar-refractivity contribution < 1.29 is 9.53 Å². The monoisotopic (exact) mass is 479 g/mol. The van der Waals surface area contributed by atoms with Crippen molar-refractivity contribution in [1.82, 2.24) is 14.9 Å². The Hall–Kier alpha value is -3.16. The average molecular weight is 480 g/mol. The molecule has 1 N–H and O–H groups in total. The Balaban J connectivity index is 1.37. The number of pyridine rings is 2. The molecule has 3 heterocycles. The zero-order valence-electron chi connectivity index (χ0n) is 19.6. The van der Waals surface area contributed by atoms with Gasteiger partial charge in [-0.15, -0.1) is 0 Å².